The normalized spacial score (nSPS) is 11.6. The van der Waals surface area contributed by atoms with Crippen molar-refractivity contribution in [3.05, 3.63) is 112 Å². The fraction of sp³-hybridized carbons (Fsp3) is 0.156. The number of ether oxygens (including phenoxy) is 1. The number of nitriles is 2. The van der Waals surface area contributed by atoms with Crippen molar-refractivity contribution in [1.29, 1.82) is 10.5 Å². The minimum Gasteiger partial charge on any atom is -0.478 e. The van der Waals surface area contributed by atoms with Gasteiger partial charge in [-0.15, -0.1) is 0 Å². The Labute approximate surface area is 243 Å². The first-order valence-corrected chi connectivity index (χ1v) is 13.1. The lowest BCUT2D eigenvalue weighted by atomic mass is 10.0. The molecule has 0 saturated carbocycles. The van der Waals surface area contributed by atoms with Crippen LogP contribution in [0.2, 0.25) is 0 Å². The van der Waals surface area contributed by atoms with Gasteiger partial charge in [0.05, 0.1) is 45.9 Å². The number of imidazole rings is 1. The van der Waals surface area contributed by atoms with E-state index < -0.39 is 29.3 Å². The zero-order valence-corrected chi connectivity index (χ0v) is 22.7. The maximum absolute atomic E-state index is 15.4. The van der Waals surface area contributed by atoms with Gasteiger partial charge in [0.1, 0.15) is 29.9 Å². The summed E-state index contributed by atoms with van der Waals surface area (Å²) in [6.45, 7) is 1.68. The topological polar surface area (TPSA) is 125 Å². The second-order valence-corrected chi connectivity index (χ2v) is 9.85. The van der Waals surface area contributed by atoms with Crippen molar-refractivity contribution in [1.82, 2.24) is 14.5 Å². The van der Waals surface area contributed by atoms with Crippen molar-refractivity contribution in [2.75, 3.05) is 0 Å². The average Bonchev–Trinajstić information content (AvgIpc) is 3.33. The highest BCUT2D eigenvalue weighted by Gasteiger charge is 2.19. The predicted molar refractivity (Wildman–Crippen MR) is 149 cm³/mol. The highest BCUT2D eigenvalue weighted by atomic mass is 19.1. The Balaban J connectivity index is 1.42. The molecule has 0 radical (unpaired) electrons. The van der Waals surface area contributed by atoms with E-state index in [0.717, 1.165) is 18.2 Å². The molecule has 0 bridgehead atoms. The summed E-state index contributed by atoms with van der Waals surface area (Å²) in [4.78, 5) is 20.3. The molecule has 0 amide bonds. The monoisotopic (exact) mass is 581 g/mol. The number of halogens is 3. The molecule has 3 aromatic carbocycles. The van der Waals surface area contributed by atoms with Crippen molar-refractivity contribution >= 4 is 17.0 Å². The lowest BCUT2D eigenvalue weighted by molar-refractivity contribution is 0.0697. The van der Waals surface area contributed by atoms with Crippen LogP contribution in [0.25, 0.3) is 22.3 Å². The molecule has 2 heterocycles. The minimum atomic E-state index is -1.13. The molecule has 0 fully saturated rings. The highest BCUT2D eigenvalue weighted by molar-refractivity contribution is 5.92. The molecule has 0 saturated heterocycles. The molecule has 11 heteroatoms. The molecular weight excluding hydrogens is 559 g/mol. The number of fused-ring (bicyclic) bond motifs is 1. The molecule has 0 aliphatic rings. The number of carboxylic acids is 1. The maximum atomic E-state index is 15.4. The number of benzene rings is 3. The first-order chi connectivity index (χ1) is 20.7. The Morgan fingerprint density at radius 2 is 1.77 bits per heavy atom. The summed E-state index contributed by atoms with van der Waals surface area (Å²) >= 11 is 0. The molecule has 0 aliphatic heterocycles. The van der Waals surface area contributed by atoms with Crippen LogP contribution in [0.3, 0.4) is 0 Å². The zero-order chi connectivity index (χ0) is 30.7. The molecule has 0 spiro atoms. The number of aromatic nitrogens is 3. The van der Waals surface area contributed by atoms with E-state index in [9.17, 15) is 19.6 Å². The van der Waals surface area contributed by atoms with Crippen LogP contribution in [0, 0.1) is 46.0 Å². The third-order valence-electron chi connectivity index (χ3n) is 6.79. The number of pyridine rings is 1. The van der Waals surface area contributed by atoms with E-state index in [-0.39, 0.29) is 59.0 Å². The van der Waals surface area contributed by atoms with Crippen LogP contribution in [0.4, 0.5) is 13.2 Å². The summed E-state index contributed by atoms with van der Waals surface area (Å²) in [5.74, 6) is -3.26. The van der Waals surface area contributed by atoms with Crippen LogP contribution in [0.5, 0.6) is 5.88 Å². The van der Waals surface area contributed by atoms with Gasteiger partial charge in [-0.05, 0) is 61.0 Å². The summed E-state index contributed by atoms with van der Waals surface area (Å²) < 4.78 is 52.2. The molecule has 1 atom stereocenters. The largest absolute Gasteiger partial charge is 0.478 e. The Morgan fingerprint density at radius 1 is 0.977 bits per heavy atom. The quantitative estimate of drug-likeness (QED) is 0.213. The number of carboxylic acid groups (broad SMARTS) is 1. The van der Waals surface area contributed by atoms with Crippen LogP contribution < -0.4 is 4.74 Å². The number of aromatic carboxylic acids is 1. The number of nitrogens with zero attached hydrogens (tertiary/aromatic N) is 5. The molecule has 8 nitrogen and oxygen atoms in total. The Bertz CT molecular complexity index is 1960. The number of rotatable bonds is 9. The van der Waals surface area contributed by atoms with Gasteiger partial charge in [0.15, 0.2) is 0 Å². The Morgan fingerprint density at radius 3 is 2.49 bits per heavy atom. The number of hydrogen-bond acceptors (Lipinski definition) is 6. The van der Waals surface area contributed by atoms with Gasteiger partial charge < -0.3 is 14.4 Å². The lowest BCUT2D eigenvalue weighted by Crippen LogP contribution is -2.11. The SMILES string of the molecule is C[C@@H](C#N)Cn1c(Cc2cc(F)c(-c3cccc(OCc4ccc(C#N)cc4F)n3)cc2F)nc2ccc(C(=O)O)cc21. The van der Waals surface area contributed by atoms with Crippen molar-refractivity contribution in [2.24, 2.45) is 5.92 Å². The van der Waals surface area contributed by atoms with Crippen LogP contribution in [-0.4, -0.2) is 25.6 Å². The summed E-state index contributed by atoms with van der Waals surface area (Å²) in [6.07, 6.45) is -0.120. The average molecular weight is 582 g/mol. The van der Waals surface area contributed by atoms with Crippen molar-refractivity contribution in [3.63, 3.8) is 0 Å². The third kappa shape index (κ3) is 6.16. The van der Waals surface area contributed by atoms with Gasteiger partial charge in [0.25, 0.3) is 0 Å². The summed E-state index contributed by atoms with van der Waals surface area (Å²) in [7, 11) is 0. The number of carbonyl (C=O) groups is 1. The smallest absolute Gasteiger partial charge is 0.335 e. The summed E-state index contributed by atoms with van der Waals surface area (Å²) in [5, 5.41) is 27.7. The van der Waals surface area contributed by atoms with Crippen LogP contribution in [-0.2, 0) is 19.6 Å². The molecule has 5 rings (SSSR count). The van der Waals surface area contributed by atoms with E-state index in [0.29, 0.717) is 16.9 Å². The van der Waals surface area contributed by atoms with Gasteiger partial charge in [-0.2, -0.15) is 10.5 Å². The minimum absolute atomic E-state index is 0.00423. The maximum Gasteiger partial charge on any atom is 0.335 e. The van der Waals surface area contributed by atoms with Crippen LogP contribution >= 0.6 is 0 Å². The fourth-order valence-electron chi connectivity index (χ4n) is 4.58. The van der Waals surface area contributed by atoms with Crippen LogP contribution in [0.15, 0.2) is 66.7 Å². The van der Waals surface area contributed by atoms with Gasteiger partial charge in [0.2, 0.25) is 5.88 Å². The van der Waals surface area contributed by atoms with E-state index in [4.69, 9.17) is 10.00 Å². The Hall–Kier alpha value is -5.68. The second kappa shape index (κ2) is 12.0. The van der Waals surface area contributed by atoms with E-state index in [1.165, 1.54) is 42.5 Å². The highest BCUT2D eigenvalue weighted by Crippen LogP contribution is 2.28. The van der Waals surface area contributed by atoms with Crippen molar-refractivity contribution in [2.45, 2.75) is 26.5 Å². The molecular formula is C32H22F3N5O3. The number of hydrogen-bond donors (Lipinski definition) is 1. The van der Waals surface area contributed by atoms with Crippen molar-refractivity contribution < 1.29 is 27.8 Å². The molecule has 214 valence electrons. The zero-order valence-electron chi connectivity index (χ0n) is 22.7. The van der Waals surface area contributed by atoms with Gasteiger partial charge in [-0.1, -0.05) is 12.1 Å². The van der Waals surface area contributed by atoms with E-state index in [1.54, 1.807) is 17.6 Å². The van der Waals surface area contributed by atoms with Crippen LogP contribution in [0.1, 0.15) is 39.8 Å². The van der Waals surface area contributed by atoms with Crippen molar-refractivity contribution in [3.8, 4) is 29.3 Å². The standard InChI is InChI=1S/C32H22F3N5O3/c1-18(14-36)16-40-29-11-20(32(41)42)7-8-28(29)38-30(40)12-22-10-26(35)23(13-25(22)34)27-3-2-4-31(39-27)43-17-21-6-5-19(15-37)9-24(21)33/h2-11,13,18H,12,16-17H2,1H3,(H,41,42)/t18-/m0/s1. The Kier molecular flexibility index (Phi) is 8.08. The molecule has 43 heavy (non-hydrogen) atoms. The second-order valence-electron chi connectivity index (χ2n) is 9.85. The van der Waals surface area contributed by atoms with Gasteiger partial charge in [-0.25, -0.2) is 27.9 Å². The van der Waals surface area contributed by atoms with Gasteiger partial charge >= 0.3 is 5.97 Å². The first-order valence-electron chi connectivity index (χ1n) is 13.1. The lowest BCUT2D eigenvalue weighted by Gasteiger charge is -2.13. The molecule has 0 unspecified atom stereocenters. The molecule has 2 aromatic heterocycles. The van der Waals surface area contributed by atoms with E-state index in [2.05, 4.69) is 16.0 Å². The summed E-state index contributed by atoms with van der Waals surface area (Å²) in [5.41, 5.74) is 1.31. The molecule has 0 aliphatic carbocycles. The fourth-order valence-corrected chi connectivity index (χ4v) is 4.58. The van der Waals surface area contributed by atoms with Gasteiger partial charge in [0, 0.05) is 30.2 Å². The third-order valence-corrected chi connectivity index (χ3v) is 6.79. The molecule has 1 N–H and O–H groups in total. The molecule has 5 aromatic rings. The first kappa shape index (κ1) is 28.8. The summed E-state index contributed by atoms with van der Waals surface area (Å²) in [6, 6.07) is 18.9. The van der Waals surface area contributed by atoms with E-state index in [1.807, 2.05) is 6.07 Å². The predicted octanol–water partition coefficient (Wildman–Crippen LogP) is 6.41. The van der Waals surface area contributed by atoms with Gasteiger partial charge in [-0.3, -0.25) is 0 Å². The van der Waals surface area contributed by atoms with E-state index >= 15 is 8.78 Å².